The molecule has 4 N–H and O–H groups in total. The molecule has 0 bridgehead atoms. The minimum Gasteiger partial charge on any atom is -0.366 e. The van der Waals surface area contributed by atoms with E-state index < -0.39 is 17.7 Å². The van der Waals surface area contributed by atoms with Crippen LogP contribution in [0.1, 0.15) is 97.7 Å². The Labute approximate surface area is 319 Å². The van der Waals surface area contributed by atoms with Gasteiger partial charge in [-0.15, -0.1) is 0 Å². The Balaban J connectivity index is 1.28. The van der Waals surface area contributed by atoms with Gasteiger partial charge in [-0.3, -0.25) is 28.5 Å². The minimum atomic E-state index is -0.552. The Morgan fingerprint density at radius 3 is 1.78 bits per heavy atom. The molecule has 55 heavy (non-hydrogen) atoms. The fourth-order valence-corrected chi connectivity index (χ4v) is 7.70. The number of aryl methyl sites for hydroxylation is 4. The van der Waals surface area contributed by atoms with Crippen LogP contribution in [0.4, 0.5) is 22.7 Å². The van der Waals surface area contributed by atoms with Crippen LogP contribution in [-0.2, 0) is 19.5 Å². The van der Waals surface area contributed by atoms with Gasteiger partial charge in [0.1, 0.15) is 11.4 Å². The number of rotatable bonds is 3. The van der Waals surface area contributed by atoms with Crippen molar-refractivity contribution in [3.63, 3.8) is 0 Å². The molecule has 0 spiro atoms. The molecule has 3 aliphatic rings. The molecule has 4 amide bonds. The molecular weight excluding hydrogens is 701 g/mol. The van der Waals surface area contributed by atoms with Gasteiger partial charge in [0.05, 0.1) is 34.1 Å². The van der Waals surface area contributed by atoms with Crippen molar-refractivity contribution < 1.29 is 19.2 Å². The van der Waals surface area contributed by atoms with Gasteiger partial charge in [0.2, 0.25) is 23.7 Å². The lowest BCUT2D eigenvalue weighted by atomic mass is 10.0. The summed E-state index contributed by atoms with van der Waals surface area (Å²) in [6.07, 6.45) is 4.30. The predicted octanol–water partition coefficient (Wildman–Crippen LogP) is 4.03. The van der Waals surface area contributed by atoms with Crippen LogP contribution in [-0.4, -0.2) is 82.3 Å². The summed E-state index contributed by atoms with van der Waals surface area (Å²) in [4.78, 5) is 69.5. The first-order chi connectivity index (χ1) is 26.4. The van der Waals surface area contributed by atoms with E-state index >= 15 is 0 Å². The number of guanidine groups is 2. The molecule has 0 atom stereocenters. The summed E-state index contributed by atoms with van der Waals surface area (Å²) >= 11 is 0. The summed E-state index contributed by atoms with van der Waals surface area (Å²) in [5, 5.41) is 9.33. The standard InChI is InChI=1S/C39H46N12O4/c1-6-50-33-27(24(3)45-50)12-8-7-9-19-51-32(20-23(2)44-51)36(54)42-38-46(4)30-21-25(34(40)52)13-15-28(30)48(38)17-10-11-18-49-29-16-14-26(35(41)53)22-31(29)47(5)39(49)43-37(33)55/h13-16,20-22H,6-12,17-19H2,1-5H3,(H2,40,52)(H2,41,53)/b42-38-,43-39+. The van der Waals surface area contributed by atoms with Gasteiger partial charge in [-0.2, -0.15) is 20.2 Å². The first kappa shape index (κ1) is 37.0. The normalized spacial score (nSPS) is 18.6. The molecule has 16 heteroatoms. The molecule has 0 fully saturated rings. The highest BCUT2D eigenvalue weighted by Gasteiger charge is 2.35. The number of aliphatic imine (C=N–C) groups is 2. The summed E-state index contributed by atoms with van der Waals surface area (Å²) in [6, 6.07) is 12.2. The average molecular weight is 747 g/mol. The minimum absolute atomic E-state index is 0.349. The topological polar surface area (TPSA) is 194 Å². The molecular formula is C39H46N12O4. The molecule has 0 saturated heterocycles. The summed E-state index contributed by atoms with van der Waals surface area (Å²) in [5.74, 6) is -1.05. The molecule has 286 valence electrons. The second-order valence-electron chi connectivity index (χ2n) is 14.1. The number of nitrogens with zero attached hydrogens (tertiary/aromatic N) is 10. The third-order valence-electron chi connectivity index (χ3n) is 10.5. The number of primary amides is 2. The molecule has 16 nitrogen and oxygen atoms in total. The maximum Gasteiger partial charge on any atom is 0.298 e. The molecule has 2 aromatic carbocycles. The van der Waals surface area contributed by atoms with Gasteiger partial charge in [0, 0.05) is 57.0 Å². The monoisotopic (exact) mass is 746 g/mol. The molecule has 4 aromatic rings. The van der Waals surface area contributed by atoms with E-state index in [1.165, 1.54) is 0 Å². The summed E-state index contributed by atoms with van der Waals surface area (Å²) < 4.78 is 3.45. The van der Waals surface area contributed by atoms with Crippen LogP contribution in [0.2, 0.25) is 0 Å². The Morgan fingerprint density at radius 1 is 0.691 bits per heavy atom. The van der Waals surface area contributed by atoms with Crippen molar-refractivity contribution in [2.45, 2.75) is 72.4 Å². The molecule has 0 radical (unpaired) electrons. The highest BCUT2D eigenvalue weighted by molar-refractivity contribution is 6.21. The molecule has 0 aliphatic carbocycles. The van der Waals surface area contributed by atoms with Gasteiger partial charge in [-0.05, 0) is 95.3 Å². The van der Waals surface area contributed by atoms with E-state index in [2.05, 4.69) is 10.1 Å². The number of carbonyl (C=O) groups is 4. The molecule has 5 heterocycles. The third-order valence-corrected chi connectivity index (χ3v) is 10.5. The molecule has 2 aromatic heterocycles. The maximum atomic E-state index is 14.3. The van der Waals surface area contributed by atoms with Crippen LogP contribution in [0.25, 0.3) is 0 Å². The zero-order valence-electron chi connectivity index (χ0n) is 31.9. The largest absolute Gasteiger partial charge is 0.366 e. The van der Waals surface area contributed by atoms with E-state index in [4.69, 9.17) is 21.6 Å². The number of nitrogens with two attached hydrogens (primary N) is 2. The van der Waals surface area contributed by atoms with E-state index in [1.807, 2.05) is 61.7 Å². The number of aromatic nitrogens is 4. The number of hydrogen-bond acceptors (Lipinski definition) is 10. The lowest BCUT2D eigenvalue weighted by molar-refractivity contribution is 0.0983. The van der Waals surface area contributed by atoms with Crippen LogP contribution in [0.5, 0.6) is 0 Å². The van der Waals surface area contributed by atoms with E-state index in [1.54, 1.807) is 44.6 Å². The van der Waals surface area contributed by atoms with Gasteiger partial charge in [0.25, 0.3) is 11.8 Å². The Kier molecular flexibility index (Phi) is 9.99. The van der Waals surface area contributed by atoms with Crippen molar-refractivity contribution in [1.29, 1.82) is 0 Å². The highest BCUT2D eigenvalue weighted by atomic mass is 16.2. The number of benzene rings is 2. The Morgan fingerprint density at radius 2 is 1.24 bits per heavy atom. The highest BCUT2D eigenvalue weighted by Crippen LogP contribution is 2.39. The van der Waals surface area contributed by atoms with Crippen LogP contribution < -0.4 is 31.1 Å². The second kappa shape index (κ2) is 14.8. The fraction of sp³-hybridized carbons (Fsp3) is 0.385. The lowest BCUT2D eigenvalue weighted by Crippen LogP contribution is -2.39. The van der Waals surface area contributed by atoms with Gasteiger partial charge in [-0.1, -0.05) is 6.42 Å². The zero-order chi connectivity index (χ0) is 39.1. The van der Waals surface area contributed by atoms with Gasteiger partial charge < -0.3 is 31.1 Å². The van der Waals surface area contributed by atoms with Crippen molar-refractivity contribution in [3.8, 4) is 0 Å². The third kappa shape index (κ3) is 6.83. The number of amides is 4. The van der Waals surface area contributed by atoms with E-state index in [0.717, 1.165) is 47.6 Å². The number of fused-ring (bicyclic) bond motifs is 8. The predicted molar refractivity (Wildman–Crippen MR) is 211 cm³/mol. The van der Waals surface area contributed by atoms with Crippen LogP contribution in [0.3, 0.4) is 0 Å². The van der Waals surface area contributed by atoms with Crippen LogP contribution in [0.15, 0.2) is 52.4 Å². The van der Waals surface area contributed by atoms with Crippen molar-refractivity contribution in [2.24, 2.45) is 21.5 Å². The number of carbonyl (C=O) groups excluding carboxylic acids is 4. The maximum absolute atomic E-state index is 14.3. The van der Waals surface area contributed by atoms with Crippen LogP contribution in [0, 0.1) is 13.8 Å². The molecule has 0 saturated carbocycles. The van der Waals surface area contributed by atoms with E-state index in [-0.39, 0.29) is 5.91 Å². The average Bonchev–Trinajstić information content (AvgIpc) is 3.85. The second-order valence-corrected chi connectivity index (χ2v) is 14.1. The smallest absolute Gasteiger partial charge is 0.298 e. The van der Waals surface area contributed by atoms with Crippen molar-refractivity contribution >= 4 is 58.3 Å². The van der Waals surface area contributed by atoms with E-state index in [0.29, 0.717) is 91.3 Å². The van der Waals surface area contributed by atoms with Crippen molar-refractivity contribution in [1.82, 2.24) is 19.6 Å². The molecule has 3 aliphatic heterocycles. The summed E-state index contributed by atoms with van der Waals surface area (Å²) in [5.41, 5.74) is 18.2. The summed E-state index contributed by atoms with van der Waals surface area (Å²) in [7, 11) is 3.64. The van der Waals surface area contributed by atoms with Crippen molar-refractivity contribution in [3.05, 3.63) is 81.9 Å². The zero-order valence-corrected chi connectivity index (χ0v) is 31.9. The van der Waals surface area contributed by atoms with Gasteiger partial charge >= 0.3 is 0 Å². The Bertz CT molecular complexity index is 2280. The Hall–Kier alpha value is -6.32. The van der Waals surface area contributed by atoms with Crippen molar-refractivity contribution in [2.75, 3.05) is 46.8 Å². The van der Waals surface area contributed by atoms with Gasteiger partial charge in [-0.25, -0.2) is 0 Å². The molecule has 7 rings (SSSR count). The van der Waals surface area contributed by atoms with Crippen LogP contribution >= 0.6 is 0 Å². The van der Waals surface area contributed by atoms with Gasteiger partial charge in [0.15, 0.2) is 0 Å². The fourth-order valence-electron chi connectivity index (χ4n) is 7.70. The first-order valence-corrected chi connectivity index (χ1v) is 18.6. The lowest BCUT2D eigenvalue weighted by Gasteiger charge is -2.23. The number of hydrogen-bond donors (Lipinski definition) is 2. The van der Waals surface area contributed by atoms with E-state index in [9.17, 15) is 19.2 Å². The molecule has 0 unspecified atom stereocenters. The number of anilines is 4. The summed E-state index contributed by atoms with van der Waals surface area (Å²) in [6.45, 7) is 7.73. The SMILES string of the molecule is CCn1nc(C)c2c1C(=O)/N=C1\N(C)c3cc(C(N)=O)ccc3N1CCCCN1/C(=N\C(=O)c3cc(C)nn3CCCCC2)N(C)c2cc(C(N)=O)ccc21. The quantitative estimate of drug-likeness (QED) is 0.309. The first-order valence-electron chi connectivity index (χ1n) is 18.6.